The summed E-state index contributed by atoms with van der Waals surface area (Å²) >= 11 is 0. The zero-order valence-electron chi connectivity index (χ0n) is 11.0. The normalized spacial score (nSPS) is 13.4. The van der Waals surface area contributed by atoms with Crippen LogP contribution in [-0.2, 0) is 10.1 Å². The number of aromatic nitrogens is 2. The Hall–Kier alpha value is -2.71. The van der Waals surface area contributed by atoms with Crippen LogP contribution < -0.4 is 5.73 Å². The molecule has 22 heavy (non-hydrogen) atoms. The van der Waals surface area contributed by atoms with Crippen LogP contribution in [0.4, 0.5) is 5.69 Å². The van der Waals surface area contributed by atoms with Gasteiger partial charge in [-0.25, -0.2) is 0 Å². The molecule has 0 spiro atoms. The van der Waals surface area contributed by atoms with E-state index in [1.807, 2.05) is 0 Å². The summed E-state index contributed by atoms with van der Waals surface area (Å²) in [5.74, 6) is -0.391. The smallest absolute Gasteiger partial charge is 0.296 e. The van der Waals surface area contributed by atoms with Crippen LogP contribution in [0, 0.1) is 0 Å². The summed E-state index contributed by atoms with van der Waals surface area (Å²) in [6.45, 7) is 0. The monoisotopic (exact) mass is 315 g/mol. The minimum Gasteiger partial charge on any atom is -0.397 e. The van der Waals surface area contributed by atoms with Gasteiger partial charge < -0.3 is 5.73 Å². The number of anilines is 1. The number of nitrogens with one attached hydrogen (secondary N) is 1. The molecule has 4 N–H and O–H groups in total. The molecule has 0 radical (unpaired) electrons. The summed E-state index contributed by atoms with van der Waals surface area (Å²) in [6, 6.07) is 8.06. The first-order valence-electron chi connectivity index (χ1n) is 6.31. The second-order valence-electron chi connectivity index (χ2n) is 5.01. The lowest BCUT2D eigenvalue weighted by molar-refractivity contribution is 0.104. The summed E-state index contributed by atoms with van der Waals surface area (Å²) < 4.78 is 32.2. The average molecular weight is 315 g/mol. The van der Waals surface area contributed by atoms with Crippen molar-refractivity contribution in [2.75, 3.05) is 5.73 Å². The molecule has 0 bridgehead atoms. The van der Waals surface area contributed by atoms with Gasteiger partial charge >= 0.3 is 0 Å². The molecule has 0 aliphatic heterocycles. The lowest BCUT2D eigenvalue weighted by Crippen LogP contribution is -2.14. The molecular formula is C14H9N3O4S. The molecule has 0 fully saturated rings. The SMILES string of the molecule is Nc1c(S(=O)(=O)O)cc2[nH]nc3c2c1C(=O)c1ccccc1-3. The molecule has 0 atom stereocenters. The fourth-order valence-corrected chi connectivity index (χ4v) is 3.49. The van der Waals surface area contributed by atoms with E-state index in [1.54, 1.807) is 24.3 Å². The largest absolute Gasteiger partial charge is 0.397 e. The molecule has 0 amide bonds. The molecule has 0 saturated heterocycles. The van der Waals surface area contributed by atoms with Gasteiger partial charge in [-0.3, -0.25) is 14.4 Å². The third-order valence-corrected chi connectivity index (χ3v) is 4.68. The molecule has 1 aliphatic rings. The van der Waals surface area contributed by atoms with Crippen LogP contribution in [-0.4, -0.2) is 29.0 Å². The van der Waals surface area contributed by atoms with Crippen LogP contribution in [0.3, 0.4) is 0 Å². The highest BCUT2D eigenvalue weighted by Crippen LogP contribution is 2.42. The van der Waals surface area contributed by atoms with Crippen molar-refractivity contribution in [2.24, 2.45) is 0 Å². The van der Waals surface area contributed by atoms with E-state index in [0.29, 0.717) is 27.7 Å². The summed E-state index contributed by atoms with van der Waals surface area (Å²) in [5, 5.41) is 7.31. The Morgan fingerprint density at radius 2 is 1.86 bits per heavy atom. The van der Waals surface area contributed by atoms with Gasteiger partial charge in [0, 0.05) is 16.5 Å². The molecule has 2 aromatic carbocycles. The van der Waals surface area contributed by atoms with Crippen LogP contribution in [0.5, 0.6) is 0 Å². The highest BCUT2D eigenvalue weighted by molar-refractivity contribution is 7.86. The molecule has 7 nitrogen and oxygen atoms in total. The van der Waals surface area contributed by atoms with Crippen molar-refractivity contribution >= 4 is 32.5 Å². The Kier molecular flexibility index (Phi) is 2.32. The Bertz CT molecular complexity index is 1080. The Balaban J connectivity index is 2.24. The first kappa shape index (κ1) is 13.0. The standard InChI is InChI=1S/C14H9N3O4S/c15-12-9(22(19,20)21)5-8-10-11(12)14(18)7-4-2-1-3-6(7)13(10)17-16-8/h1-5H,15H2,(H,16,17)(H,19,20,21). The molecule has 0 unspecified atom stereocenters. The van der Waals surface area contributed by atoms with E-state index in [1.165, 1.54) is 6.07 Å². The highest BCUT2D eigenvalue weighted by Gasteiger charge is 2.32. The molecule has 110 valence electrons. The number of carbonyl (C=O) groups is 1. The maximum Gasteiger partial charge on any atom is 0.296 e. The van der Waals surface area contributed by atoms with Crippen LogP contribution in [0.25, 0.3) is 22.2 Å². The van der Waals surface area contributed by atoms with Crippen molar-refractivity contribution in [1.82, 2.24) is 10.2 Å². The van der Waals surface area contributed by atoms with Crippen molar-refractivity contribution in [3.05, 3.63) is 41.5 Å². The number of aromatic amines is 1. The van der Waals surface area contributed by atoms with Crippen LogP contribution >= 0.6 is 0 Å². The first-order chi connectivity index (χ1) is 10.4. The van der Waals surface area contributed by atoms with E-state index in [0.717, 1.165) is 0 Å². The van der Waals surface area contributed by atoms with Crippen molar-refractivity contribution in [3.8, 4) is 11.3 Å². The first-order valence-corrected chi connectivity index (χ1v) is 7.75. The van der Waals surface area contributed by atoms with Crippen LogP contribution in [0.1, 0.15) is 15.9 Å². The summed E-state index contributed by atoms with van der Waals surface area (Å²) in [5.41, 5.74) is 7.55. The number of hydrogen-bond donors (Lipinski definition) is 3. The highest BCUT2D eigenvalue weighted by atomic mass is 32.2. The van der Waals surface area contributed by atoms with Gasteiger partial charge in [-0.15, -0.1) is 0 Å². The molecule has 1 heterocycles. The Morgan fingerprint density at radius 1 is 1.18 bits per heavy atom. The lowest BCUT2D eigenvalue weighted by atomic mass is 9.86. The Morgan fingerprint density at radius 3 is 2.55 bits per heavy atom. The maximum absolute atomic E-state index is 12.7. The number of benzene rings is 2. The maximum atomic E-state index is 12.7. The fourth-order valence-electron chi connectivity index (χ4n) is 2.85. The van der Waals surface area contributed by atoms with Gasteiger partial charge in [0.15, 0.2) is 5.78 Å². The van der Waals surface area contributed by atoms with E-state index in [4.69, 9.17) is 5.73 Å². The van der Waals surface area contributed by atoms with Crippen molar-refractivity contribution < 1.29 is 17.8 Å². The van der Waals surface area contributed by atoms with Gasteiger partial charge in [-0.05, 0) is 6.07 Å². The average Bonchev–Trinajstić information content (AvgIpc) is 2.88. The third kappa shape index (κ3) is 1.50. The summed E-state index contributed by atoms with van der Waals surface area (Å²) in [7, 11) is -4.55. The number of hydrogen-bond acceptors (Lipinski definition) is 5. The summed E-state index contributed by atoms with van der Waals surface area (Å²) in [4.78, 5) is 12.2. The lowest BCUT2D eigenvalue weighted by Gasteiger charge is -2.17. The van der Waals surface area contributed by atoms with E-state index in [-0.39, 0.29) is 11.3 Å². The molecular weight excluding hydrogens is 306 g/mol. The number of H-pyrrole nitrogens is 1. The van der Waals surface area contributed by atoms with E-state index in [2.05, 4.69) is 10.2 Å². The quantitative estimate of drug-likeness (QED) is 0.362. The van der Waals surface area contributed by atoms with Gasteiger partial charge in [0.25, 0.3) is 10.1 Å². The molecule has 1 aromatic heterocycles. The van der Waals surface area contributed by atoms with Crippen molar-refractivity contribution in [3.63, 3.8) is 0 Å². The van der Waals surface area contributed by atoms with Crippen molar-refractivity contribution in [2.45, 2.75) is 4.90 Å². The number of ketones is 1. The molecule has 0 saturated carbocycles. The van der Waals surface area contributed by atoms with Gasteiger partial charge in [0.05, 0.1) is 16.8 Å². The minimum atomic E-state index is -4.55. The molecule has 8 heteroatoms. The number of nitrogens with zero attached hydrogens (tertiary/aromatic N) is 1. The predicted octanol–water partition coefficient (Wildman–Crippen LogP) is 1.60. The second-order valence-corrected chi connectivity index (χ2v) is 6.40. The van der Waals surface area contributed by atoms with E-state index in [9.17, 15) is 17.8 Å². The van der Waals surface area contributed by atoms with Gasteiger partial charge in [-0.1, -0.05) is 24.3 Å². The number of carbonyl (C=O) groups excluding carboxylic acids is 1. The van der Waals surface area contributed by atoms with Gasteiger partial charge in [0.2, 0.25) is 0 Å². The van der Waals surface area contributed by atoms with Crippen molar-refractivity contribution in [1.29, 1.82) is 0 Å². The van der Waals surface area contributed by atoms with Gasteiger partial charge in [0.1, 0.15) is 10.6 Å². The zero-order valence-corrected chi connectivity index (χ0v) is 11.8. The number of nitrogens with two attached hydrogens (primary N) is 1. The van der Waals surface area contributed by atoms with E-state index < -0.39 is 20.8 Å². The summed E-state index contributed by atoms with van der Waals surface area (Å²) in [6.07, 6.45) is 0. The number of nitrogen functional groups attached to an aromatic ring is 1. The van der Waals surface area contributed by atoms with Gasteiger partial charge in [-0.2, -0.15) is 13.5 Å². The molecule has 3 aromatic rings. The fraction of sp³-hybridized carbons (Fsp3) is 0. The number of rotatable bonds is 1. The van der Waals surface area contributed by atoms with Crippen LogP contribution in [0.2, 0.25) is 0 Å². The third-order valence-electron chi connectivity index (χ3n) is 3.79. The van der Waals surface area contributed by atoms with Crippen LogP contribution in [0.15, 0.2) is 35.2 Å². The predicted molar refractivity (Wildman–Crippen MR) is 79.2 cm³/mol. The molecule has 4 rings (SSSR count). The topological polar surface area (TPSA) is 126 Å². The van der Waals surface area contributed by atoms with E-state index >= 15 is 0 Å². The second kappa shape index (κ2) is 3.93. The Labute approximate surface area is 124 Å². The minimum absolute atomic E-state index is 0.0487. The zero-order chi connectivity index (χ0) is 15.6. The molecule has 1 aliphatic carbocycles. The number of fused-ring (bicyclic) bond motifs is 2.